The summed E-state index contributed by atoms with van der Waals surface area (Å²) in [4.78, 5) is 0. The smallest absolute Gasteiger partial charge is 0.0364 e. The van der Waals surface area contributed by atoms with Crippen LogP contribution in [0.25, 0.3) is 0 Å². The molecule has 0 bridgehead atoms. The van der Waals surface area contributed by atoms with Gasteiger partial charge in [0, 0.05) is 17.4 Å². The van der Waals surface area contributed by atoms with Crippen molar-refractivity contribution in [1.82, 2.24) is 0 Å². The fourth-order valence-corrected chi connectivity index (χ4v) is 1.92. The summed E-state index contributed by atoms with van der Waals surface area (Å²) in [6.45, 7) is 8.82. The Labute approximate surface area is 106 Å². The lowest BCUT2D eigenvalue weighted by Crippen LogP contribution is -2.15. The monoisotopic (exact) mass is 234 g/mol. The van der Waals surface area contributed by atoms with Gasteiger partial charge in [0.25, 0.3) is 0 Å². The molecule has 0 aliphatic carbocycles. The number of hydrogen-bond acceptors (Lipinski definition) is 2. The first kappa shape index (κ1) is 13.9. The molecule has 0 saturated carbocycles. The van der Waals surface area contributed by atoms with E-state index in [-0.39, 0.29) is 0 Å². The number of hydrogen-bond donors (Lipinski definition) is 2. The normalized spacial score (nSPS) is 12.8. The molecule has 2 heteroatoms. The predicted octanol–water partition coefficient (Wildman–Crippen LogP) is 4.20. The number of nitrogens with two attached hydrogens (primary N) is 1. The minimum absolute atomic E-state index is 0.510. The van der Waals surface area contributed by atoms with Gasteiger partial charge in [0.2, 0.25) is 0 Å². The summed E-state index contributed by atoms with van der Waals surface area (Å²) in [7, 11) is 0. The first-order valence-corrected chi connectivity index (χ1v) is 6.61. The molecule has 1 aromatic rings. The summed E-state index contributed by atoms with van der Waals surface area (Å²) >= 11 is 0. The van der Waals surface area contributed by atoms with Crippen molar-refractivity contribution in [2.24, 2.45) is 5.92 Å². The second-order valence-electron chi connectivity index (χ2n) is 5.44. The summed E-state index contributed by atoms with van der Waals surface area (Å²) in [5.41, 5.74) is 9.03. The van der Waals surface area contributed by atoms with Crippen molar-refractivity contribution in [3.05, 3.63) is 23.8 Å². The molecule has 17 heavy (non-hydrogen) atoms. The summed E-state index contributed by atoms with van der Waals surface area (Å²) in [6, 6.07) is 6.70. The highest BCUT2D eigenvalue weighted by Crippen LogP contribution is 2.19. The largest absolute Gasteiger partial charge is 0.398 e. The average Bonchev–Trinajstić information content (AvgIpc) is 2.23. The quantitative estimate of drug-likeness (QED) is 0.724. The topological polar surface area (TPSA) is 38.0 Å². The van der Waals surface area contributed by atoms with Gasteiger partial charge in [-0.15, -0.1) is 0 Å². The lowest BCUT2D eigenvalue weighted by Gasteiger charge is -2.16. The Bertz CT molecular complexity index is 345. The Morgan fingerprint density at radius 3 is 2.47 bits per heavy atom. The van der Waals surface area contributed by atoms with Crippen molar-refractivity contribution < 1.29 is 0 Å². The van der Waals surface area contributed by atoms with Gasteiger partial charge in [-0.3, -0.25) is 0 Å². The fraction of sp³-hybridized carbons (Fsp3) is 0.600. The van der Waals surface area contributed by atoms with Gasteiger partial charge in [-0.2, -0.15) is 0 Å². The number of nitrogen functional groups attached to an aromatic ring is 1. The molecule has 0 aliphatic heterocycles. The number of benzene rings is 1. The molecule has 0 saturated heterocycles. The van der Waals surface area contributed by atoms with Crippen LogP contribution in [0.1, 0.15) is 45.6 Å². The highest BCUT2D eigenvalue weighted by Gasteiger charge is 2.04. The van der Waals surface area contributed by atoms with E-state index in [4.69, 9.17) is 5.73 Å². The van der Waals surface area contributed by atoms with Gasteiger partial charge in [0.15, 0.2) is 0 Å². The minimum atomic E-state index is 0.510. The maximum Gasteiger partial charge on any atom is 0.0364 e. The molecule has 1 aromatic carbocycles. The Balaban J connectivity index is 2.39. The molecule has 0 amide bonds. The van der Waals surface area contributed by atoms with Crippen LogP contribution in [0, 0.1) is 12.8 Å². The molecule has 1 atom stereocenters. The van der Waals surface area contributed by atoms with E-state index in [1.165, 1.54) is 19.3 Å². The zero-order chi connectivity index (χ0) is 12.8. The highest BCUT2D eigenvalue weighted by molar-refractivity contribution is 5.58. The minimum Gasteiger partial charge on any atom is -0.398 e. The molecule has 0 fully saturated rings. The van der Waals surface area contributed by atoms with E-state index in [0.29, 0.717) is 6.04 Å². The van der Waals surface area contributed by atoms with Crippen LogP contribution in [0.4, 0.5) is 11.4 Å². The maximum absolute atomic E-state index is 5.90. The Morgan fingerprint density at radius 2 is 1.88 bits per heavy atom. The average molecular weight is 234 g/mol. The van der Waals surface area contributed by atoms with Crippen molar-refractivity contribution in [2.75, 3.05) is 11.1 Å². The Kier molecular flexibility index (Phi) is 5.33. The zero-order valence-electron chi connectivity index (χ0n) is 11.6. The molecule has 1 unspecified atom stereocenters. The van der Waals surface area contributed by atoms with Gasteiger partial charge in [0.1, 0.15) is 0 Å². The van der Waals surface area contributed by atoms with Crippen LogP contribution in [0.3, 0.4) is 0 Å². The summed E-state index contributed by atoms with van der Waals surface area (Å²) < 4.78 is 0. The molecule has 0 spiro atoms. The van der Waals surface area contributed by atoms with Gasteiger partial charge in [-0.05, 0) is 43.9 Å². The van der Waals surface area contributed by atoms with E-state index >= 15 is 0 Å². The molecule has 0 heterocycles. The number of anilines is 2. The van der Waals surface area contributed by atoms with Crippen LogP contribution in [0.2, 0.25) is 0 Å². The Morgan fingerprint density at radius 1 is 1.18 bits per heavy atom. The zero-order valence-corrected chi connectivity index (χ0v) is 11.6. The van der Waals surface area contributed by atoms with Crippen molar-refractivity contribution in [3.8, 4) is 0 Å². The van der Waals surface area contributed by atoms with Gasteiger partial charge in [0.05, 0.1) is 0 Å². The van der Waals surface area contributed by atoms with Crippen molar-refractivity contribution >= 4 is 11.4 Å². The third kappa shape index (κ3) is 5.12. The molecule has 3 N–H and O–H groups in total. The van der Waals surface area contributed by atoms with Gasteiger partial charge >= 0.3 is 0 Å². The van der Waals surface area contributed by atoms with Crippen LogP contribution >= 0.6 is 0 Å². The first-order valence-electron chi connectivity index (χ1n) is 6.61. The Hall–Kier alpha value is -1.18. The third-order valence-electron chi connectivity index (χ3n) is 3.11. The highest BCUT2D eigenvalue weighted by atomic mass is 14.9. The second-order valence-corrected chi connectivity index (χ2v) is 5.44. The van der Waals surface area contributed by atoms with E-state index < -0.39 is 0 Å². The van der Waals surface area contributed by atoms with Crippen LogP contribution in [0.5, 0.6) is 0 Å². The van der Waals surface area contributed by atoms with Crippen molar-refractivity contribution in [3.63, 3.8) is 0 Å². The van der Waals surface area contributed by atoms with E-state index in [9.17, 15) is 0 Å². The van der Waals surface area contributed by atoms with E-state index in [1.807, 2.05) is 13.0 Å². The SMILES string of the molecule is Cc1ccc(NC(C)CCCC(C)C)cc1N. The van der Waals surface area contributed by atoms with Crippen molar-refractivity contribution in [1.29, 1.82) is 0 Å². The summed E-state index contributed by atoms with van der Waals surface area (Å²) in [5, 5.41) is 3.50. The molecular formula is C15H26N2. The van der Waals surface area contributed by atoms with E-state index in [2.05, 4.69) is 38.2 Å². The number of nitrogens with one attached hydrogen (secondary N) is 1. The van der Waals surface area contributed by atoms with Crippen LogP contribution in [0.15, 0.2) is 18.2 Å². The third-order valence-corrected chi connectivity index (χ3v) is 3.11. The molecular weight excluding hydrogens is 208 g/mol. The molecule has 0 radical (unpaired) electrons. The van der Waals surface area contributed by atoms with Gasteiger partial charge in [-0.1, -0.05) is 32.8 Å². The number of aryl methyl sites for hydroxylation is 1. The molecule has 1 rings (SSSR count). The molecule has 0 aromatic heterocycles. The lowest BCUT2D eigenvalue weighted by atomic mass is 10.0. The van der Waals surface area contributed by atoms with Gasteiger partial charge < -0.3 is 11.1 Å². The maximum atomic E-state index is 5.90. The first-order chi connectivity index (χ1) is 7.99. The van der Waals surface area contributed by atoms with E-state index in [1.54, 1.807) is 0 Å². The molecule has 96 valence electrons. The summed E-state index contributed by atoms with van der Waals surface area (Å²) in [5.74, 6) is 0.803. The number of rotatable bonds is 6. The van der Waals surface area contributed by atoms with E-state index in [0.717, 1.165) is 22.9 Å². The van der Waals surface area contributed by atoms with Crippen molar-refractivity contribution in [2.45, 2.75) is 53.0 Å². The standard InChI is InChI=1S/C15H26N2/c1-11(2)6-5-7-13(4)17-14-9-8-12(3)15(16)10-14/h8-11,13,17H,5-7,16H2,1-4H3. The summed E-state index contributed by atoms with van der Waals surface area (Å²) in [6.07, 6.45) is 3.81. The predicted molar refractivity (Wildman–Crippen MR) is 77.4 cm³/mol. The van der Waals surface area contributed by atoms with Crippen LogP contribution < -0.4 is 11.1 Å². The van der Waals surface area contributed by atoms with Gasteiger partial charge in [-0.25, -0.2) is 0 Å². The molecule has 2 nitrogen and oxygen atoms in total. The van der Waals surface area contributed by atoms with Crippen LogP contribution in [-0.4, -0.2) is 6.04 Å². The lowest BCUT2D eigenvalue weighted by molar-refractivity contribution is 0.520. The second kappa shape index (κ2) is 6.53. The van der Waals surface area contributed by atoms with Crippen LogP contribution in [-0.2, 0) is 0 Å². The fourth-order valence-electron chi connectivity index (χ4n) is 1.92. The molecule has 0 aliphatic rings.